The summed E-state index contributed by atoms with van der Waals surface area (Å²) < 4.78 is 2.15. The summed E-state index contributed by atoms with van der Waals surface area (Å²) in [6.07, 6.45) is 0. The van der Waals surface area contributed by atoms with Crippen LogP contribution in [0.2, 0.25) is 0 Å². The first-order valence-corrected chi connectivity index (χ1v) is 7.96. The lowest BCUT2D eigenvalue weighted by Crippen LogP contribution is -2.37. The normalized spacial score (nSPS) is 10.5. The Morgan fingerprint density at radius 3 is 2.59 bits per heavy atom. The number of carbonyl (C=O) groups excluding carboxylic acids is 1. The van der Waals surface area contributed by atoms with Gasteiger partial charge in [-0.3, -0.25) is 9.59 Å². The van der Waals surface area contributed by atoms with Gasteiger partial charge in [-0.2, -0.15) is 5.10 Å². The molecule has 0 fully saturated rings. The largest absolute Gasteiger partial charge is 0.342 e. The van der Waals surface area contributed by atoms with E-state index in [1.165, 1.54) is 10.7 Å². The molecule has 0 unspecified atom stereocenters. The summed E-state index contributed by atoms with van der Waals surface area (Å²) in [7, 11) is 0. The van der Waals surface area contributed by atoms with Gasteiger partial charge in [-0.15, -0.1) is 0 Å². The van der Waals surface area contributed by atoms with Crippen LogP contribution >= 0.6 is 15.9 Å². The molecular weight excluding hydrogens is 346 g/mol. The highest BCUT2D eigenvalue weighted by atomic mass is 79.9. The number of amides is 1. The third kappa shape index (κ3) is 3.82. The smallest absolute Gasteiger partial charge is 0.267 e. The van der Waals surface area contributed by atoms with Crippen molar-refractivity contribution in [2.24, 2.45) is 0 Å². The summed E-state index contributed by atoms with van der Waals surface area (Å²) in [5.41, 5.74) is 1.27. The zero-order valence-electron chi connectivity index (χ0n) is 12.6. The van der Waals surface area contributed by atoms with Crippen LogP contribution in [0.5, 0.6) is 0 Å². The molecule has 0 aliphatic carbocycles. The molecule has 1 heterocycles. The van der Waals surface area contributed by atoms with Crippen molar-refractivity contribution in [3.63, 3.8) is 0 Å². The Kier molecular flexibility index (Phi) is 5.49. The average Bonchev–Trinajstić information content (AvgIpc) is 2.50. The molecular formula is C16H18BrN3O2. The first-order chi connectivity index (χ1) is 10.5. The molecule has 0 atom stereocenters. The van der Waals surface area contributed by atoms with Crippen molar-refractivity contribution in [1.82, 2.24) is 14.7 Å². The van der Waals surface area contributed by atoms with Crippen LogP contribution in [0.4, 0.5) is 0 Å². The van der Waals surface area contributed by atoms with E-state index < -0.39 is 0 Å². The van der Waals surface area contributed by atoms with Gasteiger partial charge in [0.15, 0.2) is 0 Å². The molecule has 5 nitrogen and oxygen atoms in total. The zero-order chi connectivity index (χ0) is 16.1. The number of carbonyl (C=O) groups is 1. The summed E-state index contributed by atoms with van der Waals surface area (Å²) in [4.78, 5) is 25.8. The lowest BCUT2D eigenvalue weighted by molar-refractivity contribution is -0.131. The topological polar surface area (TPSA) is 55.2 Å². The molecule has 22 heavy (non-hydrogen) atoms. The van der Waals surface area contributed by atoms with Gasteiger partial charge in [-0.05, 0) is 32.0 Å². The van der Waals surface area contributed by atoms with Gasteiger partial charge < -0.3 is 4.90 Å². The molecule has 0 aliphatic rings. The number of nitrogens with zero attached hydrogens (tertiary/aromatic N) is 3. The molecule has 1 aromatic heterocycles. The van der Waals surface area contributed by atoms with Crippen molar-refractivity contribution in [2.75, 3.05) is 13.1 Å². The van der Waals surface area contributed by atoms with Crippen molar-refractivity contribution in [1.29, 1.82) is 0 Å². The summed E-state index contributed by atoms with van der Waals surface area (Å²) >= 11 is 3.41. The summed E-state index contributed by atoms with van der Waals surface area (Å²) in [6.45, 7) is 5.03. The zero-order valence-corrected chi connectivity index (χ0v) is 14.2. The van der Waals surface area contributed by atoms with Crippen molar-refractivity contribution in [2.45, 2.75) is 20.4 Å². The van der Waals surface area contributed by atoms with Crippen LogP contribution in [-0.4, -0.2) is 33.7 Å². The molecule has 6 heteroatoms. The minimum atomic E-state index is -0.278. The molecule has 0 radical (unpaired) electrons. The molecule has 0 aliphatic heterocycles. The molecule has 0 saturated heterocycles. The molecule has 0 bridgehead atoms. The van der Waals surface area contributed by atoms with Gasteiger partial charge in [0, 0.05) is 29.2 Å². The summed E-state index contributed by atoms with van der Waals surface area (Å²) in [5.74, 6) is -0.106. The number of halogens is 1. The van der Waals surface area contributed by atoms with E-state index in [4.69, 9.17) is 0 Å². The molecule has 1 amide bonds. The lowest BCUT2D eigenvalue weighted by atomic mass is 10.1. The van der Waals surface area contributed by atoms with Crippen molar-refractivity contribution in [3.8, 4) is 11.3 Å². The first kappa shape index (κ1) is 16.4. The summed E-state index contributed by atoms with van der Waals surface area (Å²) in [5, 5.41) is 4.31. The summed E-state index contributed by atoms with van der Waals surface area (Å²) in [6, 6.07) is 10.8. The molecule has 0 N–H and O–H groups in total. The maximum atomic E-state index is 12.1. The highest BCUT2D eigenvalue weighted by molar-refractivity contribution is 9.10. The Morgan fingerprint density at radius 2 is 1.95 bits per heavy atom. The van der Waals surface area contributed by atoms with E-state index in [0.29, 0.717) is 18.8 Å². The predicted octanol–water partition coefficient (Wildman–Crippen LogP) is 2.54. The van der Waals surface area contributed by atoms with Crippen molar-refractivity contribution < 1.29 is 4.79 Å². The first-order valence-electron chi connectivity index (χ1n) is 7.17. The minimum Gasteiger partial charge on any atom is -0.342 e. The van der Waals surface area contributed by atoms with Crippen LogP contribution in [0, 0.1) is 0 Å². The molecule has 116 valence electrons. The van der Waals surface area contributed by atoms with E-state index in [0.717, 1.165) is 10.0 Å². The Balaban J connectivity index is 2.31. The van der Waals surface area contributed by atoms with Gasteiger partial charge in [-0.25, -0.2) is 4.68 Å². The standard InChI is InChI=1S/C16H18BrN3O2/c1-3-19(4-2)16(22)11-20-15(21)9-8-14(18-20)12-6-5-7-13(17)10-12/h5-10H,3-4,11H2,1-2H3. The fourth-order valence-corrected chi connectivity index (χ4v) is 2.57. The predicted molar refractivity (Wildman–Crippen MR) is 89.6 cm³/mol. The molecule has 1 aromatic carbocycles. The third-order valence-corrected chi connectivity index (χ3v) is 3.88. The molecule has 0 spiro atoms. The van der Waals surface area contributed by atoms with E-state index >= 15 is 0 Å². The highest BCUT2D eigenvalue weighted by Gasteiger charge is 2.12. The average molecular weight is 364 g/mol. The van der Waals surface area contributed by atoms with E-state index in [-0.39, 0.29) is 18.0 Å². The van der Waals surface area contributed by atoms with Crippen LogP contribution in [0.15, 0.2) is 45.7 Å². The highest BCUT2D eigenvalue weighted by Crippen LogP contribution is 2.20. The molecule has 0 saturated carbocycles. The third-order valence-electron chi connectivity index (χ3n) is 3.39. The van der Waals surface area contributed by atoms with E-state index in [1.54, 1.807) is 11.0 Å². The van der Waals surface area contributed by atoms with Gasteiger partial charge in [0.1, 0.15) is 6.54 Å². The van der Waals surface area contributed by atoms with E-state index in [9.17, 15) is 9.59 Å². The van der Waals surface area contributed by atoms with Crippen LogP contribution in [0.1, 0.15) is 13.8 Å². The monoisotopic (exact) mass is 363 g/mol. The van der Waals surface area contributed by atoms with E-state index in [2.05, 4.69) is 21.0 Å². The van der Waals surface area contributed by atoms with Crippen molar-refractivity contribution in [3.05, 3.63) is 51.2 Å². The SMILES string of the molecule is CCN(CC)C(=O)Cn1nc(-c2cccc(Br)c2)ccc1=O. The maximum Gasteiger partial charge on any atom is 0.267 e. The Labute approximate surface area is 137 Å². The van der Waals surface area contributed by atoms with Crippen LogP contribution < -0.4 is 5.56 Å². The number of likely N-dealkylation sites (N-methyl/N-ethyl adjacent to an activating group) is 1. The Bertz CT molecular complexity index is 723. The number of benzene rings is 1. The lowest BCUT2D eigenvalue weighted by Gasteiger charge is -2.18. The van der Waals surface area contributed by atoms with Gasteiger partial charge >= 0.3 is 0 Å². The Morgan fingerprint density at radius 1 is 1.23 bits per heavy atom. The molecule has 2 aromatic rings. The van der Waals surface area contributed by atoms with Crippen LogP contribution in [0.25, 0.3) is 11.3 Å². The second-order valence-corrected chi connectivity index (χ2v) is 5.71. The van der Waals surface area contributed by atoms with Crippen LogP contribution in [-0.2, 0) is 11.3 Å². The van der Waals surface area contributed by atoms with Gasteiger partial charge in [0.25, 0.3) is 5.56 Å². The van der Waals surface area contributed by atoms with Gasteiger partial charge in [-0.1, -0.05) is 28.1 Å². The number of hydrogen-bond acceptors (Lipinski definition) is 3. The van der Waals surface area contributed by atoms with Gasteiger partial charge in [0.05, 0.1) is 5.69 Å². The quantitative estimate of drug-likeness (QED) is 0.819. The van der Waals surface area contributed by atoms with Crippen molar-refractivity contribution >= 4 is 21.8 Å². The fourth-order valence-electron chi connectivity index (χ4n) is 2.17. The number of rotatable bonds is 5. The van der Waals surface area contributed by atoms with Gasteiger partial charge in [0.2, 0.25) is 5.91 Å². The second-order valence-electron chi connectivity index (χ2n) is 4.79. The maximum absolute atomic E-state index is 12.1. The van der Waals surface area contributed by atoms with Crippen LogP contribution in [0.3, 0.4) is 0 Å². The van der Waals surface area contributed by atoms with E-state index in [1.807, 2.05) is 38.1 Å². The molecule has 2 rings (SSSR count). The number of aromatic nitrogens is 2. The number of hydrogen-bond donors (Lipinski definition) is 0. The second kappa shape index (κ2) is 7.35. The Hall–Kier alpha value is -1.95. The minimum absolute atomic E-state index is 0.0393. The fraction of sp³-hybridized carbons (Fsp3) is 0.312.